The standard InChI is InChI=1S/C5H10O3/c1-3-4(2)5(6)8-7/h4,7H,3H2,1-2H3/t4-/m0/s1. The molecule has 0 aliphatic carbocycles. The SMILES string of the molecule is CC[C@H](C)C(=O)OO. The van der Waals surface area contributed by atoms with Crippen LogP contribution in [0.2, 0.25) is 0 Å². The molecule has 48 valence electrons. The molecule has 0 saturated carbocycles. The summed E-state index contributed by atoms with van der Waals surface area (Å²) in [6.07, 6.45) is 0.694. The third kappa shape index (κ3) is 1.93. The zero-order valence-corrected chi connectivity index (χ0v) is 5.05. The van der Waals surface area contributed by atoms with Gasteiger partial charge in [0, 0.05) is 0 Å². The maximum atomic E-state index is 10.3. The average Bonchev–Trinajstić information content (AvgIpc) is 1.84. The molecular formula is C5H10O3. The Balaban J connectivity index is 3.46. The van der Waals surface area contributed by atoms with Crippen LogP contribution in [-0.4, -0.2) is 11.2 Å². The summed E-state index contributed by atoms with van der Waals surface area (Å²) >= 11 is 0. The second-order valence-corrected chi connectivity index (χ2v) is 1.72. The summed E-state index contributed by atoms with van der Waals surface area (Å²) in [4.78, 5) is 13.7. The quantitative estimate of drug-likeness (QED) is 0.435. The van der Waals surface area contributed by atoms with E-state index < -0.39 is 5.97 Å². The lowest BCUT2D eigenvalue weighted by atomic mass is 10.1. The van der Waals surface area contributed by atoms with Gasteiger partial charge in [-0.3, -0.25) is 0 Å². The van der Waals surface area contributed by atoms with Gasteiger partial charge in [0.15, 0.2) is 0 Å². The van der Waals surface area contributed by atoms with Gasteiger partial charge in [-0.2, -0.15) is 5.26 Å². The summed E-state index contributed by atoms with van der Waals surface area (Å²) in [5.41, 5.74) is 0. The summed E-state index contributed by atoms with van der Waals surface area (Å²) < 4.78 is 0. The van der Waals surface area contributed by atoms with E-state index >= 15 is 0 Å². The number of hydrogen-bond acceptors (Lipinski definition) is 3. The fourth-order valence-electron chi connectivity index (χ4n) is 0.257. The van der Waals surface area contributed by atoms with Crippen molar-refractivity contribution in [3.8, 4) is 0 Å². The van der Waals surface area contributed by atoms with E-state index in [0.717, 1.165) is 0 Å². The van der Waals surface area contributed by atoms with Crippen LogP contribution in [0.5, 0.6) is 0 Å². The first-order chi connectivity index (χ1) is 3.72. The van der Waals surface area contributed by atoms with Crippen molar-refractivity contribution in [2.75, 3.05) is 0 Å². The normalized spacial score (nSPS) is 12.9. The summed E-state index contributed by atoms with van der Waals surface area (Å²) in [5, 5.41) is 7.79. The third-order valence-electron chi connectivity index (χ3n) is 1.10. The van der Waals surface area contributed by atoms with E-state index in [-0.39, 0.29) is 5.92 Å². The van der Waals surface area contributed by atoms with Gasteiger partial charge in [-0.25, -0.2) is 4.79 Å². The number of carbonyl (C=O) groups excluding carboxylic acids is 1. The second-order valence-electron chi connectivity index (χ2n) is 1.72. The van der Waals surface area contributed by atoms with Gasteiger partial charge in [0.2, 0.25) is 0 Å². The Hall–Kier alpha value is -0.570. The molecule has 3 heteroatoms. The molecule has 1 N–H and O–H groups in total. The van der Waals surface area contributed by atoms with E-state index in [9.17, 15) is 4.79 Å². The van der Waals surface area contributed by atoms with Crippen LogP contribution in [0.4, 0.5) is 0 Å². The highest BCUT2D eigenvalue weighted by molar-refractivity contribution is 5.71. The maximum absolute atomic E-state index is 10.3. The number of carbonyl (C=O) groups is 1. The van der Waals surface area contributed by atoms with Gasteiger partial charge >= 0.3 is 5.97 Å². The van der Waals surface area contributed by atoms with Crippen molar-refractivity contribution < 1.29 is 14.9 Å². The molecule has 0 aliphatic heterocycles. The van der Waals surface area contributed by atoms with Crippen molar-refractivity contribution in [1.82, 2.24) is 0 Å². The van der Waals surface area contributed by atoms with Crippen LogP contribution in [0.15, 0.2) is 0 Å². The minimum Gasteiger partial charge on any atom is -0.301 e. The topological polar surface area (TPSA) is 46.5 Å². The van der Waals surface area contributed by atoms with Crippen molar-refractivity contribution in [2.24, 2.45) is 5.92 Å². The Morgan fingerprint density at radius 2 is 2.38 bits per heavy atom. The zero-order chi connectivity index (χ0) is 6.57. The molecule has 0 aromatic carbocycles. The van der Waals surface area contributed by atoms with Crippen LogP contribution in [0, 0.1) is 5.92 Å². The van der Waals surface area contributed by atoms with Gasteiger partial charge in [-0.15, -0.1) is 0 Å². The van der Waals surface area contributed by atoms with Crippen molar-refractivity contribution in [3.05, 3.63) is 0 Å². The molecule has 1 atom stereocenters. The average molecular weight is 118 g/mol. The molecule has 0 spiro atoms. The van der Waals surface area contributed by atoms with Crippen LogP contribution < -0.4 is 0 Å². The van der Waals surface area contributed by atoms with E-state index in [4.69, 9.17) is 5.26 Å². The molecule has 0 aromatic heterocycles. The van der Waals surface area contributed by atoms with Crippen LogP contribution in [0.1, 0.15) is 20.3 Å². The molecule has 0 amide bonds. The maximum Gasteiger partial charge on any atom is 0.344 e. The zero-order valence-electron chi connectivity index (χ0n) is 5.05. The lowest BCUT2D eigenvalue weighted by Crippen LogP contribution is -2.11. The fourth-order valence-corrected chi connectivity index (χ4v) is 0.257. The molecule has 0 heterocycles. The van der Waals surface area contributed by atoms with E-state index in [1.807, 2.05) is 6.92 Å². The molecule has 0 radical (unpaired) electrons. The van der Waals surface area contributed by atoms with Gasteiger partial charge < -0.3 is 4.89 Å². The Bertz CT molecular complexity index is 79.7. The van der Waals surface area contributed by atoms with E-state index in [2.05, 4.69) is 4.89 Å². The van der Waals surface area contributed by atoms with E-state index in [0.29, 0.717) is 6.42 Å². The highest BCUT2D eigenvalue weighted by Gasteiger charge is 2.10. The molecule has 8 heavy (non-hydrogen) atoms. The van der Waals surface area contributed by atoms with E-state index in [1.165, 1.54) is 0 Å². The Morgan fingerprint density at radius 3 is 2.50 bits per heavy atom. The Morgan fingerprint density at radius 1 is 1.88 bits per heavy atom. The molecule has 0 unspecified atom stereocenters. The van der Waals surface area contributed by atoms with Crippen LogP contribution in [-0.2, 0) is 9.68 Å². The highest BCUT2D eigenvalue weighted by atomic mass is 17.1. The minimum absolute atomic E-state index is 0.194. The molecular weight excluding hydrogens is 108 g/mol. The molecule has 0 rings (SSSR count). The van der Waals surface area contributed by atoms with Crippen LogP contribution in [0.3, 0.4) is 0 Å². The van der Waals surface area contributed by atoms with Gasteiger partial charge in [0.25, 0.3) is 0 Å². The summed E-state index contributed by atoms with van der Waals surface area (Å²) in [7, 11) is 0. The molecule has 0 aromatic rings. The van der Waals surface area contributed by atoms with Gasteiger partial charge in [0.1, 0.15) is 0 Å². The Labute approximate surface area is 48.2 Å². The van der Waals surface area contributed by atoms with Crippen molar-refractivity contribution in [3.63, 3.8) is 0 Å². The fraction of sp³-hybridized carbons (Fsp3) is 0.800. The molecule has 0 fully saturated rings. The molecule has 0 bridgehead atoms. The van der Waals surface area contributed by atoms with Crippen LogP contribution in [0.25, 0.3) is 0 Å². The van der Waals surface area contributed by atoms with Gasteiger partial charge in [-0.05, 0) is 6.42 Å². The van der Waals surface area contributed by atoms with E-state index in [1.54, 1.807) is 6.92 Å². The molecule has 3 nitrogen and oxygen atoms in total. The monoisotopic (exact) mass is 118 g/mol. The molecule has 0 saturated heterocycles. The smallest absolute Gasteiger partial charge is 0.301 e. The number of rotatable bonds is 2. The lowest BCUT2D eigenvalue weighted by Gasteiger charge is -2.00. The predicted octanol–water partition coefficient (Wildman–Crippen LogP) is 1.05. The van der Waals surface area contributed by atoms with Crippen molar-refractivity contribution in [2.45, 2.75) is 20.3 Å². The summed E-state index contributed by atoms with van der Waals surface area (Å²) in [6, 6.07) is 0. The Kier molecular flexibility index (Phi) is 3.19. The minimum atomic E-state index is -0.562. The second kappa shape index (κ2) is 3.43. The predicted molar refractivity (Wildman–Crippen MR) is 28.2 cm³/mol. The first-order valence-electron chi connectivity index (χ1n) is 2.57. The first kappa shape index (κ1) is 7.43. The molecule has 0 aliphatic rings. The van der Waals surface area contributed by atoms with Crippen molar-refractivity contribution in [1.29, 1.82) is 0 Å². The summed E-state index contributed by atoms with van der Waals surface area (Å²) in [5.74, 6) is -0.757. The third-order valence-corrected chi connectivity index (χ3v) is 1.10. The number of hydrogen-bond donors (Lipinski definition) is 1. The first-order valence-corrected chi connectivity index (χ1v) is 2.57. The van der Waals surface area contributed by atoms with Gasteiger partial charge in [0.05, 0.1) is 5.92 Å². The lowest BCUT2D eigenvalue weighted by molar-refractivity contribution is -0.238. The largest absolute Gasteiger partial charge is 0.344 e. The highest BCUT2D eigenvalue weighted by Crippen LogP contribution is 2.00. The summed E-state index contributed by atoms with van der Waals surface area (Å²) in [6.45, 7) is 3.54. The van der Waals surface area contributed by atoms with Gasteiger partial charge in [-0.1, -0.05) is 13.8 Å². The van der Waals surface area contributed by atoms with Crippen molar-refractivity contribution >= 4 is 5.97 Å². The van der Waals surface area contributed by atoms with Crippen LogP contribution >= 0.6 is 0 Å².